The summed E-state index contributed by atoms with van der Waals surface area (Å²) in [6.07, 6.45) is 4.31. The molecule has 0 unspecified atom stereocenters. The molecule has 2 aromatic rings. The van der Waals surface area contributed by atoms with Gasteiger partial charge in [0, 0.05) is 10.9 Å². The highest BCUT2D eigenvalue weighted by Crippen LogP contribution is 2.28. The molecule has 0 spiro atoms. The van der Waals surface area contributed by atoms with Crippen LogP contribution in [0, 0.1) is 11.3 Å². The summed E-state index contributed by atoms with van der Waals surface area (Å²) in [6.45, 7) is 3.32. The summed E-state index contributed by atoms with van der Waals surface area (Å²) in [5, 5.41) is 8.90. The van der Waals surface area contributed by atoms with Gasteiger partial charge >= 0.3 is 0 Å². The summed E-state index contributed by atoms with van der Waals surface area (Å²) in [4.78, 5) is 3.80. The highest BCUT2D eigenvalue weighted by Gasteiger charge is 2.21. The minimum absolute atomic E-state index is 0.200. The van der Waals surface area contributed by atoms with E-state index in [0.717, 1.165) is 42.4 Å². The van der Waals surface area contributed by atoms with Crippen LogP contribution in [0.15, 0.2) is 36.4 Å². The van der Waals surface area contributed by atoms with Crippen LogP contribution >= 0.6 is 22.9 Å². The molecule has 25 heavy (non-hydrogen) atoms. The Hall–Kier alpha value is -1.38. The fourth-order valence-electron chi connectivity index (χ4n) is 3.49. The summed E-state index contributed by atoms with van der Waals surface area (Å²) in [5.74, 6) is 0.617. The molecule has 0 amide bonds. The van der Waals surface area contributed by atoms with Gasteiger partial charge < -0.3 is 10.6 Å². The Morgan fingerprint density at radius 2 is 1.92 bits per heavy atom. The second-order valence-corrected chi connectivity index (χ2v) is 8.61. The van der Waals surface area contributed by atoms with Crippen molar-refractivity contribution in [1.82, 2.24) is 4.90 Å². The van der Waals surface area contributed by atoms with Gasteiger partial charge in [-0.3, -0.25) is 0 Å². The van der Waals surface area contributed by atoms with E-state index in [2.05, 4.69) is 29.2 Å². The number of thiophene rings is 1. The second-order valence-electron chi connectivity index (χ2n) is 6.81. The first-order valence-electron chi connectivity index (χ1n) is 8.86. The number of nitrogens with zero attached hydrogens (tertiary/aromatic N) is 2. The zero-order valence-electron chi connectivity index (χ0n) is 14.3. The fourth-order valence-corrected chi connectivity index (χ4v) is 4.67. The summed E-state index contributed by atoms with van der Waals surface area (Å²) >= 11 is 7.61. The third kappa shape index (κ3) is 5.29. The van der Waals surface area contributed by atoms with Gasteiger partial charge in [-0.2, -0.15) is 5.26 Å². The maximum atomic E-state index is 8.90. The molecule has 0 saturated carbocycles. The number of nitrogens with two attached hydrogens (primary N) is 1. The van der Waals surface area contributed by atoms with Crippen molar-refractivity contribution in [3.05, 3.63) is 56.7 Å². The largest absolute Gasteiger partial charge is 0.327 e. The van der Waals surface area contributed by atoms with Gasteiger partial charge in [0.25, 0.3) is 0 Å². The second kappa shape index (κ2) is 8.82. The Balaban J connectivity index is 1.40. The van der Waals surface area contributed by atoms with Gasteiger partial charge in [0.1, 0.15) is 0 Å². The van der Waals surface area contributed by atoms with Gasteiger partial charge in [0.2, 0.25) is 0 Å². The zero-order chi connectivity index (χ0) is 17.6. The monoisotopic (exact) mass is 373 g/mol. The summed E-state index contributed by atoms with van der Waals surface area (Å²) < 4.78 is 0.840. The highest BCUT2D eigenvalue weighted by atomic mass is 35.5. The topological polar surface area (TPSA) is 53.0 Å². The lowest BCUT2D eigenvalue weighted by atomic mass is 9.89. The first kappa shape index (κ1) is 18.4. The number of benzene rings is 1. The maximum Gasteiger partial charge on any atom is 0.0991 e. The lowest BCUT2D eigenvalue weighted by Gasteiger charge is -2.32. The Morgan fingerprint density at radius 3 is 2.52 bits per heavy atom. The smallest absolute Gasteiger partial charge is 0.0991 e. The molecule has 2 heterocycles. The van der Waals surface area contributed by atoms with Crippen LogP contribution in [0.2, 0.25) is 4.34 Å². The van der Waals surface area contributed by atoms with E-state index in [4.69, 9.17) is 22.6 Å². The number of rotatable bonds is 6. The Morgan fingerprint density at radius 1 is 1.20 bits per heavy atom. The Labute approximate surface area is 159 Å². The van der Waals surface area contributed by atoms with E-state index in [1.165, 1.54) is 23.3 Å². The number of halogens is 1. The van der Waals surface area contributed by atoms with Crippen LogP contribution in [0.1, 0.15) is 41.2 Å². The first-order valence-corrected chi connectivity index (χ1v) is 10.1. The molecule has 3 nitrogen and oxygen atoms in total. The van der Waals surface area contributed by atoms with Crippen molar-refractivity contribution in [2.24, 2.45) is 5.73 Å². The highest BCUT2D eigenvalue weighted by molar-refractivity contribution is 7.16. The Kier molecular flexibility index (Phi) is 6.50. The van der Waals surface area contributed by atoms with Gasteiger partial charge in [-0.25, -0.2) is 0 Å². The number of hydrogen-bond donors (Lipinski definition) is 1. The third-order valence-electron chi connectivity index (χ3n) is 5.01. The molecule has 0 radical (unpaired) electrons. The van der Waals surface area contributed by atoms with Crippen LogP contribution in [0.5, 0.6) is 0 Å². The molecule has 132 valence electrons. The molecule has 3 rings (SSSR count). The van der Waals surface area contributed by atoms with E-state index in [1.807, 2.05) is 18.2 Å². The van der Waals surface area contributed by atoms with E-state index in [9.17, 15) is 0 Å². The molecule has 0 aliphatic carbocycles. The lowest BCUT2D eigenvalue weighted by molar-refractivity contribution is 0.205. The van der Waals surface area contributed by atoms with E-state index in [-0.39, 0.29) is 6.04 Å². The predicted molar refractivity (Wildman–Crippen MR) is 105 cm³/mol. The van der Waals surface area contributed by atoms with Crippen molar-refractivity contribution in [1.29, 1.82) is 5.26 Å². The Bertz CT molecular complexity index is 711. The number of piperidine rings is 1. The first-order chi connectivity index (χ1) is 12.1. The normalized spacial score (nSPS) is 17.3. The van der Waals surface area contributed by atoms with Crippen LogP contribution in [-0.2, 0) is 6.42 Å². The third-order valence-corrected chi connectivity index (χ3v) is 6.26. The van der Waals surface area contributed by atoms with Crippen molar-refractivity contribution in [3.8, 4) is 6.07 Å². The molecule has 1 aromatic heterocycles. The van der Waals surface area contributed by atoms with Gasteiger partial charge in [-0.05, 0) is 81.1 Å². The van der Waals surface area contributed by atoms with Crippen LogP contribution in [0.3, 0.4) is 0 Å². The molecular formula is C20H24ClN3S. The van der Waals surface area contributed by atoms with Crippen molar-refractivity contribution >= 4 is 22.9 Å². The van der Waals surface area contributed by atoms with E-state index >= 15 is 0 Å². The van der Waals surface area contributed by atoms with Gasteiger partial charge in [0.05, 0.1) is 16.0 Å². The average molecular weight is 374 g/mol. The maximum absolute atomic E-state index is 8.90. The van der Waals surface area contributed by atoms with Crippen molar-refractivity contribution in [2.75, 3.05) is 19.6 Å². The summed E-state index contributed by atoms with van der Waals surface area (Å²) in [5.41, 5.74) is 8.39. The van der Waals surface area contributed by atoms with Crippen LogP contribution < -0.4 is 5.73 Å². The van der Waals surface area contributed by atoms with Gasteiger partial charge in [-0.1, -0.05) is 23.7 Å². The van der Waals surface area contributed by atoms with Crippen molar-refractivity contribution in [2.45, 2.75) is 37.6 Å². The van der Waals surface area contributed by atoms with Crippen molar-refractivity contribution in [3.63, 3.8) is 0 Å². The predicted octanol–water partition coefficient (Wildman–Crippen LogP) is 4.41. The van der Waals surface area contributed by atoms with Crippen LogP contribution in [0.4, 0.5) is 0 Å². The number of nitriles is 1. The SMILES string of the molecule is N#Cc1ccc(C2CCN(CC[C@H](N)Cc3ccc(Cl)s3)CC2)cc1. The summed E-state index contributed by atoms with van der Waals surface area (Å²) in [7, 11) is 0. The van der Waals surface area contributed by atoms with Gasteiger partial charge in [0.15, 0.2) is 0 Å². The average Bonchev–Trinajstić information content (AvgIpc) is 3.05. The molecule has 2 N–H and O–H groups in total. The van der Waals surface area contributed by atoms with Gasteiger partial charge in [-0.15, -0.1) is 11.3 Å². The molecule has 1 aliphatic heterocycles. The molecule has 1 fully saturated rings. The van der Waals surface area contributed by atoms with E-state index in [0.29, 0.717) is 5.92 Å². The van der Waals surface area contributed by atoms with Crippen molar-refractivity contribution < 1.29 is 0 Å². The molecule has 1 atom stereocenters. The van der Waals surface area contributed by atoms with Crippen LogP contribution in [0.25, 0.3) is 0 Å². The molecule has 5 heteroatoms. The van der Waals surface area contributed by atoms with E-state index < -0.39 is 0 Å². The molecule has 1 saturated heterocycles. The number of hydrogen-bond acceptors (Lipinski definition) is 4. The molecule has 1 aliphatic rings. The van der Waals surface area contributed by atoms with E-state index in [1.54, 1.807) is 11.3 Å². The lowest BCUT2D eigenvalue weighted by Crippen LogP contribution is -2.36. The minimum Gasteiger partial charge on any atom is -0.327 e. The minimum atomic E-state index is 0.200. The van der Waals surface area contributed by atoms with Crippen LogP contribution in [-0.4, -0.2) is 30.6 Å². The molecule has 1 aromatic carbocycles. The molecular weight excluding hydrogens is 350 g/mol. The fraction of sp³-hybridized carbons (Fsp3) is 0.450. The zero-order valence-corrected chi connectivity index (χ0v) is 15.9. The summed E-state index contributed by atoms with van der Waals surface area (Å²) in [6, 6.07) is 14.5. The standard InChI is InChI=1S/C20H24ClN3S/c21-20-6-5-19(25-20)13-18(23)9-12-24-10-7-17(8-11-24)16-3-1-15(14-22)2-4-16/h1-6,17-18H,7-13,23H2/t18-/m0/s1. The molecule has 0 bridgehead atoms. The quantitative estimate of drug-likeness (QED) is 0.815. The number of likely N-dealkylation sites (tertiary alicyclic amines) is 1.